The molecule has 0 radical (unpaired) electrons. The lowest BCUT2D eigenvalue weighted by Crippen LogP contribution is -2.45. The van der Waals surface area contributed by atoms with E-state index in [0.717, 1.165) is 18.7 Å². The first kappa shape index (κ1) is 17.0. The molecule has 1 rings (SSSR count). The number of nitrogens with one attached hydrogen (secondary N) is 1. The van der Waals surface area contributed by atoms with E-state index in [9.17, 15) is 0 Å². The zero-order chi connectivity index (χ0) is 15.2. The lowest BCUT2D eigenvalue weighted by molar-refractivity contribution is 0.174. The van der Waals surface area contributed by atoms with E-state index in [0.29, 0.717) is 18.6 Å². The minimum atomic E-state index is 0.199. The van der Waals surface area contributed by atoms with E-state index in [1.54, 1.807) is 0 Å². The summed E-state index contributed by atoms with van der Waals surface area (Å²) in [5, 5.41) is 3.59. The Morgan fingerprint density at radius 2 is 1.90 bits per heavy atom. The maximum absolute atomic E-state index is 6.02. The third-order valence-corrected chi connectivity index (χ3v) is 3.63. The van der Waals surface area contributed by atoms with Crippen LogP contribution >= 0.6 is 0 Å². The molecule has 1 aromatic rings. The van der Waals surface area contributed by atoms with Crippen molar-refractivity contribution in [3.63, 3.8) is 0 Å². The number of benzene rings is 1. The second-order valence-corrected chi connectivity index (χ2v) is 6.91. The molecule has 0 aliphatic heterocycles. The van der Waals surface area contributed by atoms with Gasteiger partial charge < -0.3 is 10.1 Å². The van der Waals surface area contributed by atoms with Crippen LogP contribution in [0.25, 0.3) is 0 Å². The van der Waals surface area contributed by atoms with Gasteiger partial charge in [-0.3, -0.25) is 0 Å². The summed E-state index contributed by atoms with van der Waals surface area (Å²) >= 11 is 0. The molecule has 1 N–H and O–H groups in total. The largest absolute Gasteiger partial charge is 0.492 e. The van der Waals surface area contributed by atoms with Crippen molar-refractivity contribution in [3.8, 4) is 5.75 Å². The third-order valence-electron chi connectivity index (χ3n) is 3.63. The van der Waals surface area contributed by atoms with Crippen LogP contribution in [0.15, 0.2) is 24.3 Å². The summed E-state index contributed by atoms with van der Waals surface area (Å²) < 4.78 is 6.02. The van der Waals surface area contributed by atoms with E-state index in [2.05, 4.69) is 65.1 Å². The predicted molar refractivity (Wildman–Crippen MR) is 87.6 cm³/mol. The molecule has 1 atom stereocenters. The first-order valence-electron chi connectivity index (χ1n) is 7.80. The lowest BCUT2D eigenvalue weighted by Gasteiger charge is -2.31. The van der Waals surface area contributed by atoms with Crippen molar-refractivity contribution in [1.29, 1.82) is 0 Å². The molecule has 1 aromatic carbocycles. The SMILES string of the molecule is CCCNC(COc1cccc(C(C)C)c1)C(C)(C)C. The van der Waals surface area contributed by atoms with Crippen LogP contribution in [0.2, 0.25) is 0 Å². The molecule has 0 spiro atoms. The second kappa shape index (κ2) is 7.68. The van der Waals surface area contributed by atoms with Crippen molar-refractivity contribution < 1.29 is 4.74 Å². The zero-order valence-electron chi connectivity index (χ0n) is 14.0. The van der Waals surface area contributed by atoms with Crippen LogP contribution in [0, 0.1) is 5.41 Å². The smallest absolute Gasteiger partial charge is 0.119 e. The maximum atomic E-state index is 6.02. The highest BCUT2D eigenvalue weighted by Crippen LogP contribution is 2.23. The van der Waals surface area contributed by atoms with Gasteiger partial charge in [0.1, 0.15) is 12.4 Å². The Bertz CT molecular complexity index is 393. The van der Waals surface area contributed by atoms with Gasteiger partial charge >= 0.3 is 0 Å². The average molecular weight is 277 g/mol. The van der Waals surface area contributed by atoms with Crippen LogP contribution in [-0.4, -0.2) is 19.2 Å². The van der Waals surface area contributed by atoms with Gasteiger partial charge in [0.2, 0.25) is 0 Å². The van der Waals surface area contributed by atoms with Crippen LogP contribution in [0.1, 0.15) is 59.4 Å². The zero-order valence-corrected chi connectivity index (χ0v) is 14.0. The highest BCUT2D eigenvalue weighted by atomic mass is 16.5. The van der Waals surface area contributed by atoms with Gasteiger partial charge in [-0.15, -0.1) is 0 Å². The highest BCUT2D eigenvalue weighted by Gasteiger charge is 2.24. The van der Waals surface area contributed by atoms with Crippen LogP contribution < -0.4 is 10.1 Å². The Hall–Kier alpha value is -1.02. The van der Waals surface area contributed by atoms with E-state index >= 15 is 0 Å². The molecule has 0 saturated heterocycles. The first-order chi connectivity index (χ1) is 9.34. The van der Waals surface area contributed by atoms with Gasteiger partial charge in [0.25, 0.3) is 0 Å². The number of hydrogen-bond acceptors (Lipinski definition) is 2. The molecule has 0 saturated carbocycles. The summed E-state index contributed by atoms with van der Waals surface area (Å²) in [5.41, 5.74) is 1.53. The standard InChI is InChI=1S/C18H31NO/c1-7-11-19-17(18(4,5)6)13-20-16-10-8-9-15(12-16)14(2)3/h8-10,12,14,17,19H,7,11,13H2,1-6H3. The van der Waals surface area contributed by atoms with Crippen molar-refractivity contribution in [2.45, 2.75) is 59.9 Å². The molecule has 114 valence electrons. The molecule has 0 amide bonds. The van der Waals surface area contributed by atoms with Crippen molar-refractivity contribution in [2.24, 2.45) is 5.41 Å². The molecule has 0 aliphatic carbocycles. The van der Waals surface area contributed by atoms with Gasteiger partial charge in [-0.1, -0.05) is 53.7 Å². The first-order valence-corrected chi connectivity index (χ1v) is 7.80. The molecule has 20 heavy (non-hydrogen) atoms. The fourth-order valence-corrected chi connectivity index (χ4v) is 2.08. The second-order valence-electron chi connectivity index (χ2n) is 6.91. The lowest BCUT2D eigenvalue weighted by atomic mass is 9.87. The highest BCUT2D eigenvalue weighted by molar-refractivity contribution is 5.30. The van der Waals surface area contributed by atoms with Crippen LogP contribution in [0.5, 0.6) is 5.75 Å². The van der Waals surface area contributed by atoms with Gasteiger partial charge in [0.15, 0.2) is 0 Å². The van der Waals surface area contributed by atoms with E-state index in [-0.39, 0.29) is 5.41 Å². The Kier molecular flexibility index (Phi) is 6.54. The minimum absolute atomic E-state index is 0.199. The summed E-state index contributed by atoms with van der Waals surface area (Å²) in [6.45, 7) is 15.1. The Balaban J connectivity index is 2.65. The summed E-state index contributed by atoms with van der Waals surface area (Å²) in [6, 6.07) is 8.81. The molecular weight excluding hydrogens is 246 g/mol. The van der Waals surface area contributed by atoms with Crippen molar-refractivity contribution >= 4 is 0 Å². The summed E-state index contributed by atoms with van der Waals surface area (Å²) in [5.74, 6) is 1.51. The summed E-state index contributed by atoms with van der Waals surface area (Å²) in [7, 11) is 0. The molecule has 0 aromatic heterocycles. The van der Waals surface area contributed by atoms with Crippen LogP contribution in [-0.2, 0) is 0 Å². The van der Waals surface area contributed by atoms with Gasteiger partial charge in [-0.2, -0.15) is 0 Å². The fourth-order valence-electron chi connectivity index (χ4n) is 2.08. The average Bonchev–Trinajstić information content (AvgIpc) is 2.37. The third kappa shape index (κ3) is 5.54. The number of hydrogen-bond donors (Lipinski definition) is 1. The van der Waals surface area contributed by atoms with Gasteiger partial charge in [0.05, 0.1) is 0 Å². The molecule has 0 bridgehead atoms. The Labute approximate surface area is 124 Å². The monoisotopic (exact) mass is 277 g/mol. The van der Waals surface area contributed by atoms with E-state index in [1.807, 2.05) is 6.07 Å². The summed E-state index contributed by atoms with van der Waals surface area (Å²) in [4.78, 5) is 0. The van der Waals surface area contributed by atoms with E-state index in [4.69, 9.17) is 4.74 Å². The number of rotatable bonds is 7. The summed E-state index contributed by atoms with van der Waals surface area (Å²) in [6.07, 6.45) is 1.15. The maximum Gasteiger partial charge on any atom is 0.119 e. The van der Waals surface area contributed by atoms with Gasteiger partial charge in [-0.25, -0.2) is 0 Å². The minimum Gasteiger partial charge on any atom is -0.492 e. The quantitative estimate of drug-likeness (QED) is 0.786. The number of ether oxygens (including phenoxy) is 1. The van der Waals surface area contributed by atoms with Crippen LogP contribution in [0.4, 0.5) is 0 Å². The van der Waals surface area contributed by atoms with Crippen molar-refractivity contribution in [2.75, 3.05) is 13.2 Å². The molecule has 2 nitrogen and oxygen atoms in total. The molecule has 0 heterocycles. The van der Waals surface area contributed by atoms with Gasteiger partial charge in [-0.05, 0) is 42.0 Å². The molecule has 0 aliphatic rings. The predicted octanol–water partition coefficient (Wildman–Crippen LogP) is 4.60. The Morgan fingerprint density at radius 1 is 1.20 bits per heavy atom. The normalized spacial score (nSPS) is 13.6. The Morgan fingerprint density at radius 3 is 2.45 bits per heavy atom. The van der Waals surface area contributed by atoms with E-state index < -0.39 is 0 Å². The fraction of sp³-hybridized carbons (Fsp3) is 0.667. The van der Waals surface area contributed by atoms with E-state index in [1.165, 1.54) is 5.56 Å². The topological polar surface area (TPSA) is 21.3 Å². The molecular formula is C18H31NO. The van der Waals surface area contributed by atoms with Gasteiger partial charge in [0, 0.05) is 6.04 Å². The van der Waals surface area contributed by atoms with Crippen LogP contribution in [0.3, 0.4) is 0 Å². The molecule has 1 unspecified atom stereocenters. The molecule has 0 fully saturated rings. The molecule has 2 heteroatoms. The van der Waals surface area contributed by atoms with Crippen molar-refractivity contribution in [3.05, 3.63) is 29.8 Å². The van der Waals surface area contributed by atoms with Crippen molar-refractivity contribution in [1.82, 2.24) is 5.32 Å².